The summed E-state index contributed by atoms with van der Waals surface area (Å²) in [5.74, 6) is 2.16. The average Bonchev–Trinajstić information content (AvgIpc) is 3.42. The average molecular weight is 576 g/mol. The number of carbonyl (C=O) groups is 1. The summed E-state index contributed by atoms with van der Waals surface area (Å²) in [6, 6.07) is 21.5. The zero-order chi connectivity index (χ0) is 30.0. The Bertz CT molecular complexity index is 1770. The quantitative estimate of drug-likeness (QED) is 0.208. The van der Waals surface area contributed by atoms with Gasteiger partial charge in [0.2, 0.25) is 5.88 Å². The number of ether oxygens (including phenoxy) is 2. The van der Waals surface area contributed by atoms with Gasteiger partial charge < -0.3 is 14.8 Å². The van der Waals surface area contributed by atoms with Crippen molar-refractivity contribution >= 4 is 28.3 Å². The van der Waals surface area contributed by atoms with E-state index >= 15 is 0 Å². The fourth-order valence-corrected chi connectivity index (χ4v) is 5.49. The molecule has 8 nitrogen and oxygen atoms in total. The van der Waals surface area contributed by atoms with Crippen molar-refractivity contribution in [3.8, 4) is 17.3 Å². The molecular weight excluding hydrogens is 538 g/mol. The van der Waals surface area contributed by atoms with E-state index in [2.05, 4.69) is 47.6 Å². The van der Waals surface area contributed by atoms with Gasteiger partial charge in [-0.1, -0.05) is 62.7 Å². The van der Waals surface area contributed by atoms with Gasteiger partial charge in [-0.2, -0.15) is 5.10 Å². The number of fused-ring (bicyclic) bond motifs is 2. The maximum atomic E-state index is 13.5. The Morgan fingerprint density at radius 3 is 2.58 bits per heavy atom. The van der Waals surface area contributed by atoms with E-state index in [-0.39, 0.29) is 11.4 Å². The first-order valence-electron chi connectivity index (χ1n) is 14.8. The van der Waals surface area contributed by atoms with Gasteiger partial charge in [0.15, 0.2) is 0 Å². The first-order valence-corrected chi connectivity index (χ1v) is 14.8. The van der Waals surface area contributed by atoms with Gasteiger partial charge in [0, 0.05) is 34.5 Å². The van der Waals surface area contributed by atoms with E-state index in [1.54, 1.807) is 10.9 Å². The third kappa shape index (κ3) is 6.04. The van der Waals surface area contributed by atoms with Crippen LogP contribution in [0.3, 0.4) is 0 Å². The van der Waals surface area contributed by atoms with Crippen LogP contribution in [0.2, 0.25) is 0 Å². The predicted octanol–water partition coefficient (Wildman–Crippen LogP) is 7.62. The maximum Gasteiger partial charge on any atom is 0.324 e. The van der Waals surface area contributed by atoms with Gasteiger partial charge in [-0.3, -0.25) is 5.32 Å². The molecule has 2 aromatic heterocycles. The second kappa shape index (κ2) is 11.8. The molecule has 3 aromatic carbocycles. The van der Waals surface area contributed by atoms with Gasteiger partial charge in [-0.15, -0.1) is 0 Å². The van der Waals surface area contributed by atoms with E-state index in [1.165, 1.54) is 11.1 Å². The molecule has 0 unspecified atom stereocenters. The van der Waals surface area contributed by atoms with Crippen molar-refractivity contribution in [2.45, 2.75) is 52.4 Å². The van der Waals surface area contributed by atoms with Crippen LogP contribution in [0.5, 0.6) is 11.6 Å². The number of benzene rings is 3. The Hall–Kier alpha value is -4.85. The molecule has 3 heterocycles. The fourth-order valence-electron chi connectivity index (χ4n) is 5.49. The molecule has 43 heavy (non-hydrogen) atoms. The second-order valence-electron chi connectivity index (χ2n) is 11.9. The summed E-state index contributed by atoms with van der Waals surface area (Å²) < 4.78 is 13.8. The van der Waals surface area contributed by atoms with E-state index in [9.17, 15) is 4.79 Å². The largest absolute Gasteiger partial charge is 0.493 e. The van der Waals surface area contributed by atoms with E-state index in [0.717, 1.165) is 65.1 Å². The standard InChI is InChI=1S/C35H37N5O3/c1-23-11-13-25(14-12-23)40-32(29(22-37-40)35(2,3)4)39-34(41)38-30-15-16-31(28-9-6-5-8-27(28)30)42-21-18-24-17-19-36-33-26(24)10-7-20-43-33/h5-6,8-9,11-17,19,22H,7,10,18,20-21H2,1-4H3,(H2,38,39,41). The minimum atomic E-state index is -0.345. The number of carbonyl (C=O) groups excluding carboxylic acids is 1. The van der Waals surface area contributed by atoms with Crippen LogP contribution in [0.25, 0.3) is 16.5 Å². The topological polar surface area (TPSA) is 90.3 Å². The Morgan fingerprint density at radius 2 is 1.79 bits per heavy atom. The smallest absolute Gasteiger partial charge is 0.324 e. The van der Waals surface area contributed by atoms with Crippen molar-refractivity contribution in [1.29, 1.82) is 0 Å². The van der Waals surface area contributed by atoms with Crippen molar-refractivity contribution in [3.05, 3.63) is 101 Å². The number of aromatic nitrogens is 3. The molecule has 1 aliphatic rings. The SMILES string of the molecule is Cc1ccc(-n2ncc(C(C)(C)C)c2NC(=O)Nc2ccc(OCCc3ccnc4c3CCCO4)c3ccccc23)cc1. The molecule has 2 amide bonds. The van der Waals surface area contributed by atoms with Crippen LogP contribution in [-0.2, 0) is 18.3 Å². The summed E-state index contributed by atoms with van der Waals surface area (Å²) >= 11 is 0. The molecule has 6 rings (SSSR count). The minimum absolute atomic E-state index is 0.222. The summed E-state index contributed by atoms with van der Waals surface area (Å²) in [5.41, 5.74) is 5.85. The number of rotatable bonds is 7. The van der Waals surface area contributed by atoms with Crippen molar-refractivity contribution in [2.75, 3.05) is 23.8 Å². The third-order valence-corrected chi connectivity index (χ3v) is 7.77. The monoisotopic (exact) mass is 575 g/mol. The lowest BCUT2D eigenvalue weighted by Crippen LogP contribution is -2.24. The lowest BCUT2D eigenvalue weighted by atomic mass is 9.89. The first-order chi connectivity index (χ1) is 20.8. The molecule has 0 aliphatic carbocycles. The molecule has 2 N–H and O–H groups in total. The van der Waals surface area contributed by atoms with Crippen LogP contribution in [0.1, 0.15) is 49.4 Å². The summed E-state index contributed by atoms with van der Waals surface area (Å²) in [5, 5.41) is 12.6. The number of amides is 2. The fraction of sp³-hybridized carbons (Fsp3) is 0.286. The summed E-state index contributed by atoms with van der Waals surface area (Å²) in [4.78, 5) is 17.8. The van der Waals surface area contributed by atoms with Crippen molar-refractivity contribution in [2.24, 2.45) is 0 Å². The molecular formula is C35H37N5O3. The summed E-state index contributed by atoms with van der Waals surface area (Å²) in [7, 11) is 0. The van der Waals surface area contributed by atoms with E-state index < -0.39 is 0 Å². The van der Waals surface area contributed by atoms with Crippen LogP contribution in [0.4, 0.5) is 16.3 Å². The lowest BCUT2D eigenvalue weighted by molar-refractivity contribution is 0.262. The number of hydrogen-bond acceptors (Lipinski definition) is 5. The minimum Gasteiger partial charge on any atom is -0.493 e. The molecule has 220 valence electrons. The number of aryl methyl sites for hydroxylation is 1. The van der Waals surface area contributed by atoms with Gasteiger partial charge in [-0.05, 0) is 61.1 Å². The molecule has 0 spiro atoms. The van der Waals surface area contributed by atoms with Gasteiger partial charge in [0.25, 0.3) is 0 Å². The van der Waals surface area contributed by atoms with Crippen LogP contribution < -0.4 is 20.1 Å². The highest BCUT2D eigenvalue weighted by Crippen LogP contribution is 2.34. The van der Waals surface area contributed by atoms with Crippen molar-refractivity contribution < 1.29 is 14.3 Å². The van der Waals surface area contributed by atoms with Crippen LogP contribution in [0.15, 0.2) is 79.1 Å². The maximum absolute atomic E-state index is 13.5. The second-order valence-corrected chi connectivity index (χ2v) is 11.9. The number of hydrogen-bond donors (Lipinski definition) is 2. The highest BCUT2D eigenvalue weighted by molar-refractivity contribution is 6.07. The van der Waals surface area contributed by atoms with Gasteiger partial charge in [-0.25, -0.2) is 14.5 Å². The molecule has 0 saturated carbocycles. The molecule has 5 aromatic rings. The number of nitrogens with zero attached hydrogens (tertiary/aromatic N) is 3. The molecule has 0 saturated heterocycles. The van der Waals surface area contributed by atoms with E-state index in [0.29, 0.717) is 18.1 Å². The summed E-state index contributed by atoms with van der Waals surface area (Å²) in [6.45, 7) is 9.61. The summed E-state index contributed by atoms with van der Waals surface area (Å²) in [6.07, 6.45) is 6.37. The molecule has 0 fully saturated rings. The zero-order valence-corrected chi connectivity index (χ0v) is 25.1. The molecule has 0 atom stereocenters. The van der Waals surface area contributed by atoms with Crippen LogP contribution in [-0.4, -0.2) is 34.0 Å². The zero-order valence-electron chi connectivity index (χ0n) is 25.1. The third-order valence-electron chi connectivity index (χ3n) is 7.77. The Balaban J connectivity index is 1.21. The normalized spacial score (nSPS) is 12.8. The Morgan fingerprint density at radius 1 is 1.00 bits per heavy atom. The molecule has 0 bridgehead atoms. The molecule has 0 radical (unpaired) electrons. The number of pyridine rings is 1. The van der Waals surface area contributed by atoms with Crippen molar-refractivity contribution in [3.63, 3.8) is 0 Å². The first kappa shape index (κ1) is 28.3. The molecule has 1 aliphatic heterocycles. The van der Waals surface area contributed by atoms with Crippen LogP contribution in [0, 0.1) is 6.92 Å². The lowest BCUT2D eigenvalue weighted by Gasteiger charge is -2.21. The Labute approximate surface area is 252 Å². The highest BCUT2D eigenvalue weighted by Gasteiger charge is 2.25. The Kier molecular flexibility index (Phi) is 7.76. The van der Waals surface area contributed by atoms with E-state index in [1.807, 2.05) is 73.8 Å². The van der Waals surface area contributed by atoms with Gasteiger partial charge in [0.05, 0.1) is 30.8 Å². The van der Waals surface area contributed by atoms with Crippen LogP contribution >= 0.6 is 0 Å². The predicted molar refractivity (Wildman–Crippen MR) is 171 cm³/mol. The number of urea groups is 1. The highest BCUT2D eigenvalue weighted by atomic mass is 16.5. The number of nitrogens with one attached hydrogen (secondary N) is 2. The van der Waals surface area contributed by atoms with E-state index in [4.69, 9.17) is 9.47 Å². The molecule has 8 heteroatoms. The number of anilines is 2. The van der Waals surface area contributed by atoms with Gasteiger partial charge >= 0.3 is 6.03 Å². The van der Waals surface area contributed by atoms with Crippen molar-refractivity contribution in [1.82, 2.24) is 14.8 Å². The van der Waals surface area contributed by atoms with Gasteiger partial charge in [0.1, 0.15) is 11.6 Å².